The standard InChI is InChI=1S/C19H18N4O2/c1-2-25-17-6-3-5-16(13-17)22-18(24)14-7-9-15(10-8-14)23-19-20-11-4-12-21-19/h3-13H,2H2,1H3,(H,22,24)(H,20,21,23). The Morgan fingerprint density at radius 3 is 2.48 bits per heavy atom. The summed E-state index contributed by atoms with van der Waals surface area (Å²) >= 11 is 0. The van der Waals surface area contributed by atoms with E-state index in [-0.39, 0.29) is 5.91 Å². The summed E-state index contributed by atoms with van der Waals surface area (Å²) < 4.78 is 5.43. The Balaban J connectivity index is 1.65. The van der Waals surface area contributed by atoms with Crippen molar-refractivity contribution in [3.63, 3.8) is 0 Å². The summed E-state index contributed by atoms with van der Waals surface area (Å²) in [4.78, 5) is 20.6. The lowest BCUT2D eigenvalue weighted by atomic mass is 10.2. The molecule has 1 aromatic heterocycles. The van der Waals surface area contributed by atoms with E-state index in [9.17, 15) is 4.79 Å². The van der Waals surface area contributed by atoms with E-state index in [1.807, 2.05) is 37.3 Å². The minimum atomic E-state index is -0.184. The normalized spacial score (nSPS) is 10.1. The topological polar surface area (TPSA) is 76.1 Å². The molecule has 6 nitrogen and oxygen atoms in total. The summed E-state index contributed by atoms with van der Waals surface area (Å²) in [6.45, 7) is 2.50. The number of aromatic nitrogens is 2. The molecule has 1 heterocycles. The van der Waals surface area contributed by atoms with Gasteiger partial charge < -0.3 is 15.4 Å². The molecule has 3 rings (SSSR count). The van der Waals surface area contributed by atoms with E-state index < -0.39 is 0 Å². The van der Waals surface area contributed by atoms with Crippen LogP contribution in [-0.2, 0) is 0 Å². The summed E-state index contributed by atoms with van der Waals surface area (Å²) in [5.74, 6) is 1.05. The van der Waals surface area contributed by atoms with Crippen molar-refractivity contribution in [1.82, 2.24) is 9.97 Å². The summed E-state index contributed by atoms with van der Waals surface area (Å²) in [6.07, 6.45) is 3.32. The van der Waals surface area contributed by atoms with Crippen molar-refractivity contribution in [2.24, 2.45) is 0 Å². The second kappa shape index (κ2) is 7.92. The molecule has 0 aliphatic carbocycles. The highest BCUT2D eigenvalue weighted by Crippen LogP contribution is 2.19. The van der Waals surface area contributed by atoms with Crippen LogP contribution in [0.25, 0.3) is 0 Å². The van der Waals surface area contributed by atoms with Gasteiger partial charge in [0.15, 0.2) is 0 Å². The molecule has 0 atom stereocenters. The lowest BCUT2D eigenvalue weighted by Gasteiger charge is -2.09. The lowest BCUT2D eigenvalue weighted by Crippen LogP contribution is -2.11. The Morgan fingerprint density at radius 2 is 1.76 bits per heavy atom. The zero-order chi connectivity index (χ0) is 17.5. The van der Waals surface area contributed by atoms with E-state index >= 15 is 0 Å². The summed E-state index contributed by atoms with van der Waals surface area (Å²) in [7, 11) is 0. The molecular weight excluding hydrogens is 316 g/mol. The number of hydrogen-bond donors (Lipinski definition) is 2. The third kappa shape index (κ3) is 4.54. The first-order valence-corrected chi connectivity index (χ1v) is 7.93. The van der Waals surface area contributed by atoms with Crippen LogP contribution in [0.15, 0.2) is 67.0 Å². The zero-order valence-electron chi connectivity index (χ0n) is 13.8. The molecule has 126 valence electrons. The van der Waals surface area contributed by atoms with Crippen LogP contribution in [-0.4, -0.2) is 22.5 Å². The van der Waals surface area contributed by atoms with Crippen molar-refractivity contribution in [2.75, 3.05) is 17.2 Å². The fraction of sp³-hybridized carbons (Fsp3) is 0.105. The van der Waals surface area contributed by atoms with E-state index in [4.69, 9.17) is 4.74 Å². The highest BCUT2D eigenvalue weighted by molar-refractivity contribution is 6.04. The minimum absolute atomic E-state index is 0.184. The van der Waals surface area contributed by atoms with E-state index in [2.05, 4.69) is 20.6 Å². The molecule has 6 heteroatoms. The van der Waals surface area contributed by atoms with Gasteiger partial charge in [-0.1, -0.05) is 6.07 Å². The third-order valence-corrected chi connectivity index (χ3v) is 3.37. The SMILES string of the molecule is CCOc1cccc(NC(=O)c2ccc(Nc3ncccn3)cc2)c1. The second-order valence-electron chi connectivity index (χ2n) is 5.19. The first-order chi connectivity index (χ1) is 12.2. The van der Waals surface area contributed by atoms with Crippen LogP contribution in [0, 0.1) is 0 Å². The number of carbonyl (C=O) groups is 1. The number of carbonyl (C=O) groups excluding carboxylic acids is 1. The largest absolute Gasteiger partial charge is 0.494 e. The third-order valence-electron chi connectivity index (χ3n) is 3.37. The Hall–Kier alpha value is -3.41. The van der Waals surface area contributed by atoms with Gasteiger partial charge in [-0.15, -0.1) is 0 Å². The molecule has 1 amide bonds. The van der Waals surface area contributed by atoms with E-state index in [0.717, 1.165) is 11.4 Å². The van der Waals surface area contributed by atoms with Crippen LogP contribution >= 0.6 is 0 Å². The number of amides is 1. The first kappa shape index (κ1) is 16.4. The van der Waals surface area contributed by atoms with E-state index in [1.165, 1.54) is 0 Å². The van der Waals surface area contributed by atoms with Crippen molar-refractivity contribution >= 4 is 23.2 Å². The first-order valence-electron chi connectivity index (χ1n) is 7.93. The minimum Gasteiger partial charge on any atom is -0.494 e. The van der Waals surface area contributed by atoms with Crippen LogP contribution in [0.1, 0.15) is 17.3 Å². The van der Waals surface area contributed by atoms with Gasteiger partial charge in [-0.05, 0) is 49.4 Å². The quantitative estimate of drug-likeness (QED) is 0.715. The molecule has 0 aliphatic rings. The number of ether oxygens (including phenoxy) is 1. The highest BCUT2D eigenvalue weighted by Gasteiger charge is 2.07. The van der Waals surface area contributed by atoms with Gasteiger partial charge in [-0.2, -0.15) is 0 Å². The van der Waals surface area contributed by atoms with Gasteiger partial charge in [-0.25, -0.2) is 9.97 Å². The summed E-state index contributed by atoms with van der Waals surface area (Å²) in [5.41, 5.74) is 2.05. The Bertz CT molecular complexity index is 836. The summed E-state index contributed by atoms with van der Waals surface area (Å²) in [6, 6.07) is 16.2. The van der Waals surface area contributed by atoms with Gasteiger partial charge in [0, 0.05) is 35.4 Å². The fourth-order valence-corrected chi connectivity index (χ4v) is 2.23. The van der Waals surface area contributed by atoms with E-state index in [0.29, 0.717) is 23.8 Å². The maximum Gasteiger partial charge on any atom is 0.255 e. The molecule has 0 bridgehead atoms. The molecule has 0 fully saturated rings. The Kier molecular flexibility index (Phi) is 5.21. The number of benzene rings is 2. The molecule has 0 saturated carbocycles. The number of nitrogens with zero attached hydrogens (tertiary/aromatic N) is 2. The average molecular weight is 334 g/mol. The maximum atomic E-state index is 12.4. The van der Waals surface area contributed by atoms with Gasteiger partial charge in [0.05, 0.1) is 6.61 Å². The number of rotatable bonds is 6. The van der Waals surface area contributed by atoms with Crippen molar-refractivity contribution in [3.05, 3.63) is 72.6 Å². The zero-order valence-corrected chi connectivity index (χ0v) is 13.8. The number of hydrogen-bond acceptors (Lipinski definition) is 5. The lowest BCUT2D eigenvalue weighted by molar-refractivity contribution is 0.102. The van der Waals surface area contributed by atoms with Gasteiger partial charge >= 0.3 is 0 Å². The van der Waals surface area contributed by atoms with Gasteiger partial charge in [0.2, 0.25) is 5.95 Å². The molecular formula is C19H18N4O2. The van der Waals surface area contributed by atoms with Crippen LogP contribution < -0.4 is 15.4 Å². The van der Waals surface area contributed by atoms with Crippen molar-refractivity contribution in [3.8, 4) is 5.75 Å². The molecule has 2 aromatic carbocycles. The molecule has 2 N–H and O–H groups in total. The molecule has 3 aromatic rings. The molecule has 25 heavy (non-hydrogen) atoms. The van der Waals surface area contributed by atoms with Crippen molar-refractivity contribution in [1.29, 1.82) is 0 Å². The maximum absolute atomic E-state index is 12.4. The Morgan fingerprint density at radius 1 is 1.00 bits per heavy atom. The number of anilines is 3. The molecule has 0 spiro atoms. The predicted molar refractivity (Wildman–Crippen MR) is 97.3 cm³/mol. The molecule has 0 radical (unpaired) electrons. The van der Waals surface area contributed by atoms with Crippen LogP contribution in [0.5, 0.6) is 5.75 Å². The highest BCUT2D eigenvalue weighted by atomic mass is 16.5. The number of nitrogens with one attached hydrogen (secondary N) is 2. The van der Waals surface area contributed by atoms with E-state index in [1.54, 1.807) is 36.7 Å². The Labute approximate surface area is 145 Å². The van der Waals surface area contributed by atoms with Gasteiger partial charge in [0.1, 0.15) is 5.75 Å². The van der Waals surface area contributed by atoms with Crippen LogP contribution in [0.3, 0.4) is 0 Å². The smallest absolute Gasteiger partial charge is 0.255 e. The molecule has 0 unspecified atom stereocenters. The fourth-order valence-electron chi connectivity index (χ4n) is 2.23. The molecule has 0 aliphatic heterocycles. The van der Waals surface area contributed by atoms with Crippen molar-refractivity contribution < 1.29 is 9.53 Å². The average Bonchev–Trinajstić information content (AvgIpc) is 2.64. The van der Waals surface area contributed by atoms with Gasteiger partial charge in [0.25, 0.3) is 5.91 Å². The van der Waals surface area contributed by atoms with Gasteiger partial charge in [-0.3, -0.25) is 4.79 Å². The van der Waals surface area contributed by atoms with Crippen LogP contribution in [0.4, 0.5) is 17.3 Å². The monoisotopic (exact) mass is 334 g/mol. The van der Waals surface area contributed by atoms with Crippen LogP contribution in [0.2, 0.25) is 0 Å². The predicted octanol–water partition coefficient (Wildman–Crippen LogP) is 3.87. The second-order valence-corrected chi connectivity index (χ2v) is 5.19. The molecule has 0 saturated heterocycles. The van der Waals surface area contributed by atoms with Crippen molar-refractivity contribution in [2.45, 2.75) is 6.92 Å². The summed E-state index contributed by atoms with van der Waals surface area (Å²) in [5, 5.41) is 5.93.